The van der Waals surface area contributed by atoms with Gasteiger partial charge in [0.05, 0.1) is 25.2 Å². The summed E-state index contributed by atoms with van der Waals surface area (Å²) in [5.74, 6) is -0.244. The van der Waals surface area contributed by atoms with E-state index in [1.54, 1.807) is 18.2 Å². The predicted octanol–water partition coefficient (Wildman–Crippen LogP) is 5.61. The van der Waals surface area contributed by atoms with E-state index >= 15 is 4.39 Å². The third-order valence-corrected chi connectivity index (χ3v) is 6.97. The van der Waals surface area contributed by atoms with Crippen LogP contribution >= 0.6 is 0 Å². The second-order valence-corrected chi connectivity index (χ2v) is 9.54. The van der Waals surface area contributed by atoms with Gasteiger partial charge in [-0.1, -0.05) is 18.2 Å². The van der Waals surface area contributed by atoms with E-state index in [1.807, 2.05) is 0 Å². The summed E-state index contributed by atoms with van der Waals surface area (Å²) in [7, 11) is 3.00. The van der Waals surface area contributed by atoms with Gasteiger partial charge in [0, 0.05) is 30.4 Å². The van der Waals surface area contributed by atoms with Crippen LogP contribution in [0.25, 0.3) is 10.9 Å². The van der Waals surface area contributed by atoms with Gasteiger partial charge in [-0.3, -0.25) is 9.59 Å². The largest absolute Gasteiger partial charge is 0.493 e. The minimum absolute atomic E-state index is 0.0485. The second kappa shape index (κ2) is 10.3. The standard InChI is InChI=1S/C30H26F2N2O5/c1-37-25-14-20-22(15-26(25)38-2)34-29(33)16-24(20)39-23-8-5-18(11-21(23)32)13-28(36)30(9-10-30)27(35)12-17-3-6-19(31)7-4-17/h3-8,11,14-16H,9-10,12-13H2,1-2H3,(H2,33,34). The van der Waals surface area contributed by atoms with E-state index in [2.05, 4.69) is 4.98 Å². The van der Waals surface area contributed by atoms with Crippen LogP contribution in [-0.2, 0) is 22.4 Å². The first-order valence-electron chi connectivity index (χ1n) is 12.3. The Morgan fingerprint density at radius 3 is 2.05 bits per heavy atom. The number of fused-ring (bicyclic) bond motifs is 1. The summed E-state index contributed by atoms with van der Waals surface area (Å²) < 4.78 is 44.8. The number of nitrogens with zero attached hydrogens (tertiary/aromatic N) is 1. The summed E-state index contributed by atoms with van der Waals surface area (Å²) in [6.07, 6.45) is 0.877. The van der Waals surface area contributed by atoms with Crippen LogP contribution in [0, 0.1) is 17.0 Å². The summed E-state index contributed by atoms with van der Waals surface area (Å²) in [5.41, 5.74) is 6.43. The van der Waals surface area contributed by atoms with Gasteiger partial charge < -0.3 is 19.9 Å². The van der Waals surface area contributed by atoms with Crippen molar-refractivity contribution in [2.45, 2.75) is 25.7 Å². The van der Waals surface area contributed by atoms with E-state index in [9.17, 15) is 14.0 Å². The molecule has 1 aliphatic carbocycles. The van der Waals surface area contributed by atoms with Crippen LogP contribution in [0.3, 0.4) is 0 Å². The fourth-order valence-electron chi connectivity index (χ4n) is 4.63. The van der Waals surface area contributed by atoms with Gasteiger partial charge in [0.15, 0.2) is 34.6 Å². The lowest BCUT2D eigenvalue weighted by Crippen LogP contribution is -2.28. The topological polar surface area (TPSA) is 101 Å². The maximum Gasteiger partial charge on any atom is 0.166 e. The molecule has 2 N–H and O–H groups in total. The highest BCUT2D eigenvalue weighted by molar-refractivity contribution is 6.11. The summed E-state index contributed by atoms with van der Waals surface area (Å²) in [4.78, 5) is 30.3. The maximum atomic E-state index is 15.1. The molecule has 0 amide bonds. The Bertz CT molecular complexity index is 1580. The first-order valence-corrected chi connectivity index (χ1v) is 12.3. The molecule has 1 aromatic heterocycles. The molecule has 9 heteroatoms. The number of halogens is 2. The molecule has 3 aromatic carbocycles. The normalized spacial score (nSPS) is 13.6. The lowest BCUT2D eigenvalue weighted by molar-refractivity contribution is -0.133. The molecule has 1 saturated carbocycles. The smallest absolute Gasteiger partial charge is 0.166 e. The molecule has 0 saturated heterocycles. The van der Waals surface area contributed by atoms with E-state index < -0.39 is 17.0 Å². The van der Waals surface area contributed by atoms with E-state index in [-0.39, 0.29) is 41.7 Å². The Balaban J connectivity index is 1.33. The molecular weight excluding hydrogens is 506 g/mol. The van der Waals surface area contributed by atoms with E-state index in [0.717, 1.165) is 0 Å². The molecule has 0 unspecified atom stereocenters. The van der Waals surface area contributed by atoms with E-state index in [1.165, 1.54) is 56.7 Å². The van der Waals surface area contributed by atoms with Crippen molar-refractivity contribution < 1.29 is 32.6 Å². The number of Topliss-reactive ketones (excluding diaryl/α,β-unsaturated/α-hetero) is 2. The first-order chi connectivity index (χ1) is 18.7. The predicted molar refractivity (Wildman–Crippen MR) is 141 cm³/mol. The number of carbonyl (C=O) groups is 2. The zero-order valence-corrected chi connectivity index (χ0v) is 21.4. The van der Waals surface area contributed by atoms with Crippen LogP contribution in [0.1, 0.15) is 24.0 Å². The lowest BCUT2D eigenvalue weighted by Gasteiger charge is -2.15. The number of pyridine rings is 1. The maximum absolute atomic E-state index is 15.1. The number of aromatic nitrogens is 1. The van der Waals surface area contributed by atoms with Crippen LogP contribution in [0.2, 0.25) is 0 Å². The van der Waals surface area contributed by atoms with Gasteiger partial charge in [-0.2, -0.15) is 0 Å². The fourth-order valence-corrected chi connectivity index (χ4v) is 4.63. The van der Waals surface area contributed by atoms with E-state index in [0.29, 0.717) is 46.4 Å². The Labute approximate surface area is 223 Å². The van der Waals surface area contributed by atoms with Crippen LogP contribution in [-0.4, -0.2) is 30.8 Å². The van der Waals surface area contributed by atoms with Crippen molar-refractivity contribution >= 4 is 28.3 Å². The molecule has 39 heavy (non-hydrogen) atoms. The number of hydrogen-bond acceptors (Lipinski definition) is 7. The minimum Gasteiger partial charge on any atom is -0.493 e. The summed E-state index contributed by atoms with van der Waals surface area (Å²) in [5, 5.41) is 0.538. The van der Waals surface area contributed by atoms with Crippen LogP contribution < -0.4 is 19.9 Å². The van der Waals surface area contributed by atoms with Crippen LogP contribution in [0.15, 0.2) is 60.7 Å². The number of nitrogens with two attached hydrogens (primary N) is 1. The molecule has 7 nitrogen and oxygen atoms in total. The highest BCUT2D eigenvalue weighted by Gasteiger charge is 2.54. The molecule has 4 aromatic rings. The third kappa shape index (κ3) is 5.25. The SMILES string of the molecule is COc1cc2nc(N)cc(Oc3ccc(CC(=O)C4(C(=O)Cc5ccc(F)cc5)CC4)cc3F)c2cc1OC. The van der Waals surface area contributed by atoms with E-state index in [4.69, 9.17) is 19.9 Å². The molecule has 0 bridgehead atoms. The fraction of sp³-hybridized carbons (Fsp3) is 0.233. The summed E-state index contributed by atoms with van der Waals surface area (Å²) in [6.45, 7) is 0. The highest BCUT2D eigenvalue weighted by atomic mass is 19.1. The Kier molecular flexibility index (Phi) is 6.91. The molecule has 1 fully saturated rings. The quantitative estimate of drug-likeness (QED) is 0.265. The molecule has 0 atom stereocenters. The highest BCUT2D eigenvalue weighted by Crippen LogP contribution is 2.49. The Morgan fingerprint density at radius 2 is 1.44 bits per heavy atom. The van der Waals surface area contributed by atoms with Crippen molar-refractivity contribution in [2.75, 3.05) is 20.0 Å². The molecule has 1 aliphatic rings. The van der Waals surface area contributed by atoms with Gasteiger partial charge in [0.2, 0.25) is 0 Å². The average Bonchev–Trinajstić information content (AvgIpc) is 3.73. The zero-order chi connectivity index (χ0) is 27.7. The molecule has 0 spiro atoms. The van der Waals surface area contributed by atoms with Crippen molar-refractivity contribution in [3.8, 4) is 23.0 Å². The van der Waals surface area contributed by atoms with Gasteiger partial charge in [-0.05, 0) is 54.3 Å². The Morgan fingerprint density at radius 1 is 0.821 bits per heavy atom. The number of ether oxygens (including phenoxy) is 3. The van der Waals surface area contributed by atoms with Gasteiger partial charge in [-0.25, -0.2) is 13.8 Å². The molecule has 5 rings (SSSR count). The van der Waals surface area contributed by atoms with Crippen LogP contribution in [0.4, 0.5) is 14.6 Å². The Hall–Kier alpha value is -4.53. The van der Waals surface area contributed by atoms with Gasteiger partial charge in [-0.15, -0.1) is 0 Å². The van der Waals surface area contributed by atoms with Crippen molar-refractivity contribution in [1.82, 2.24) is 4.98 Å². The number of rotatable bonds is 10. The van der Waals surface area contributed by atoms with Crippen molar-refractivity contribution in [3.05, 3.63) is 83.4 Å². The van der Waals surface area contributed by atoms with Crippen LogP contribution in [0.5, 0.6) is 23.0 Å². The van der Waals surface area contributed by atoms with Gasteiger partial charge in [0.1, 0.15) is 17.4 Å². The molecule has 0 radical (unpaired) electrons. The summed E-state index contributed by atoms with van der Waals surface area (Å²) >= 11 is 0. The number of anilines is 1. The average molecular weight is 533 g/mol. The summed E-state index contributed by atoms with van der Waals surface area (Å²) in [6, 6.07) is 14.7. The molecule has 0 aliphatic heterocycles. The monoisotopic (exact) mass is 532 g/mol. The third-order valence-electron chi connectivity index (χ3n) is 6.97. The molecular formula is C30H26F2N2O5. The number of benzene rings is 3. The van der Waals surface area contributed by atoms with Gasteiger partial charge in [0.25, 0.3) is 0 Å². The second-order valence-electron chi connectivity index (χ2n) is 9.54. The van der Waals surface area contributed by atoms with Crippen molar-refractivity contribution in [3.63, 3.8) is 0 Å². The number of carbonyl (C=O) groups excluding carboxylic acids is 2. The zero-order valence-electron chi connectivity index (χ0n) is 21.4. The van der Waals surface area contributed by atoms with Gasteiger partial charge >= 0.3 is 0 Å². The minimum atomic E-state index is -1.06. The molecule has 200 valence electrons. The molecule has 1 heterocycles. The number of ketones is 2. The first kappa shape index (κ1) is 26.1. The van der Waals surface area contributed by atoms with Crippen molar-refractivity contribution in [2.24, 2.45) is 5.41 Å². The number of hydrogen-bond donors (Lipinski definition) is 1. The number of nitrogen functional groups attached to an aromatic ring is 1. The van der Waals surface area contributed by atoms with Crippen molar-refractivity contribution in [1.29, 1.82) is 0 Å². The number of methoxy groups -OCH3 is 2. The lowest BCUT2D eigenvalue weighted by atomic mass is 9.88.